The zero-order valence-electron chi connectivity index (χ0n) is 12.1. The first-order valence-corrected chi connectivity index (χ1v) is 7.11. The van der Waals surface area contributed by atoms with E-state index in [1.54, 1.807) is 0 Å². The smallest absolute Gasteiger partial charge is 0.383 e. The van der Waals surface area contributed by atoms with Gasteiger partial charge in [-0.05, 0) is 37.3 Å². The van der Waals surface area contributed by atoms with Crippen LogP contribution in [0, 0.1) is 0 Å². The number of hydrogen-bond acceptors (Lipinski definition) is 2. The molecule has 1 aliphatic rings. The predicted octanol–water partition coefficient (Wildman–Crippen LogP) is 3.67. The molecule has 2 N–H and O–H groups in total. The minimum absolute atomic E-state index is 0.106. The molecule has 0 atom stereocenters. The molecule has 128 valence electrons. The van der Waals surface area contributed by atoms with Gasteiger partial charge in [-0.1, -0.05) is 18.2 Å². The third-order valence-electron chi connectivity index (χ3n) is 3.99. The molecule has 1 fully saturated rings. The number of aliphatic hydroxyl groups is 1. The number of rotatable bonds is 5. The van der Waals surface area contributed by atoms with Crippen molar-refractivity contribution in [2.24, 2.45) is 0 Å². The highest BCUT2D eigenvalue weighted by atomic mass is 19.4. The summed E-state index contributed by atoms with van der Waals surface area (Å²) in [6.07, 6.45) is -5.94. The Morgan fingerprint density at radius 1 is 1.17 bits per heavy atom. The van der Waals surface area contributed by atoms with Crippen molar-refractivity contribution in [2.45, 2.75) is 49.8 Å². The van der Waals surface area contributed by atoms with Gasteiger partial charge in [0.2, 0.25) is 0 Å². The first-order chi connectivity index (χ1) is 10.6. The molecule has 1 saturated carbocycles. The molecule has 0 unspecified atom stereocenters. The molecular weight excluding hydrogens is 321 g/mol. The largest absolute Gasteiger partial charge is 0.389 e. The summed E-state index contributed by atoms with van der Waals surface area (Å²) >= 11 is 0. The topological polar surface area (TPSA) is 49.3 Å². The zero-order chi connectivity index (χ0) is 17.3. The van der Waals surface area contributed by atoms with E-state index in [1.807, 2.05) is 5.32 Å². The van der Waals surface area contributed by atoms with Gasteiger partial charge in [0.25, 0.3) is 5.91 Å². The number of nitrogens with one attached hydrogen (secondary N) is 1. The Balaban J connectivity index is 2.12. The van der Waals surface area contributed by atoms with E-state index in [9.17, 15) is 31.9 Å². The van der Waals surface area contributed by atoms with E-state index in [0.717, 1.165) is 0 Å². The second-order valence-electron chi connectivity index (χ2n) is 5.69. The van der Waals surface area contributed by atoms with Crippen molar-refractivity contribution in [3.05, 3.63) is 29.8 Å². The van der Waals surface area contributed by atoms with Gasteiger partial charge in [0.15, 0.2) is 0 Å². The Labute approximate surface area is 129 Å². The highest BCUT2D eigenvalue weighted by Gasteiger charge is 2.61. The van der Waals surface area contributed by atoms with Crippen molar-refractivity contribution in [2.75, 3.05) is 5.32 Å². The fourth-order valence-electron chi connectivity index (χ4n) is 2.37. The van der Waals surface area contributed by atoms with Gasteiger partial charge in [0.05, 0.1) is 0 Å². The van der Waals surface area contributed by atoms with Crippen molar-refractivity contribution in [1.29, 1.82) is 0 Å². The minimum Gasteiger partial charge on any atom is -0.383 e. The monoisotopic (exact) mass is 337 g/mol. The Morgan fingerprint density at radius 2 is 1.78 bits per heavy atom. The second-order valence-corrected chi connectivity index (χ2v) is 5.69. The summed E-state index contributed by atoms with van der Waals surface area (Å²) in [5.74, 6) is -5.71. The van der Waals surface area contributed by atoms with E-state index < -0.39 is 36.4 Å². The van der Waals surface area contributed by atoms with Crippen LogP contribution in [-0.4, -0.2) is 28.7 Å². The minimum atomic E-state index is -4.39. The van der Waals surface area contributed by atoms with Crippen LogP contribution < -0.4 is 5.32 Å². The number of anilines is 1. The first-order valence-electron chi connectivity index (χ1n) is 7.11. The third kappa shape index (κ3) is 3.80. The van der Waals surface area contributed by atoms with Crippen LogP contribution in [0.5, 0.6) is 0 Å². The number of aryl methyl sites for hydroxylation is 1. The number of carbonyl (C=O) groups is 1. The Bertz CT molecular complexity index is 581. The summed E-state index contributed by atoms with van der Waals surface area (Å²) in [6.45, 7) is 0. The second kappa shape index (κ2) is 6.07. The van der Waals surface area contributed by atoms with Gasteiger partial charge in [0.1, 0.15) is 5.60 Å². The van der Waals surface area contributed by atoms with Crippen LogP contribution in [0.25, 0.3) is 0 Å². The van der Waals surface area contributed by atoms with Gasteiger partial charge >= 0.3 is 12.1 Å². The molecule has 0 radical (unpaired) electrons. The molecule has 0 spiro atoms. The molecule has 3 nitrogen and oxygen atoms in total. The molecule has 0 bridgehead atoms. The molecular formula is C15H16F5NO2. The van der Waals surface area contributed by atoms with E-state index in [-0.39, 0.29) is 24.1 Å². The molecule has 8 heteroatoms. The molecule has 23 heavy (non-hydrogen) atoms. The predicted molar refractivity (Wildman–Crippen MR) is 73.2 cm³/mol. The van der Waals surface area contributed by atoms with Crippen LogP contribution >= 0.6 is 0 Å². The standard InChI is InChI=1S/C15H16F5NO2/c16-14(17,18)9-6-10-4-1-2-5-11(10)21-12(22)15(19,20)13(23)7-3-8-13/h1-2,4-5,23H,3,6-9H2,(H,21,22). The Kier molecular flexibility index (Phi) is 4.66. The van der Waals surface area contributed by atoms with Gasteiger partial charge < -0.3 is 10.4 Å². The number of para-hydroxylation sites is 1. The highest BCUT2D eigenvalue weighted by Crippen LogP contribution is 2.44. The van der Waals surface area contributed by atoms with Gasteiger partial charge in [-0.2, -0.15) is 22.0 Å². The molecule has 0 aromatic heterocycles. The number of alkyl halides is 5. The molecule has 0 heterocycles. The maximum atomic E-state index is 14.0. The fraction of sp³-hybridized carbons (Fsp3) is 0.533. The Hall–Kier alpha value is -1.70. The van der Waals surface area contributed by atoms with Crippen LogP contribution in [0.4, 0.5) is 27.6 Å². The number of benzene rings is 1. The average Bonchev–Trinajstić information content (AvgIpc) is 2.42. The van der Waals surface area contributed by atoms with Gasteiger partial charge in [-0.15, -0.1) is 0 Å². The SMILES string of the molecule is O=C(Nc1ccccc1CCC(F)(F)F)C(F)(F)C1(O)CCC1. The van der Waals surface area contributed by atoms with Crippen molar-refractivity contribution < 1.29 is 31.9 Å². The van der Waals surface area contributed by atoms with Crippen LogP contribution in [-0.2, 0) is 11.2 Å². The zero-order valence-corrected chi connectivity index (χ0v) is 12.1. The first kappa shape index (κ1) is 17.7. The van der Waals surface area contributed by atoms with E-state index in [4.69, 9.17) is 0 Å². The summed E-state index contributed by atoms with van der Waals surface area (Å²) in [4.78, 5) is 11.8. The van der Waals surface area contributed by atoms with Crippen LogP contribution in [0.3, 0.4) is 0 Å². The van der Waals surface area contributed by atoms with Crippen molar-refractivity contribution in [3.63, 3.8) is 0 Å². The van der Waals surface area contributed by atoms with Crippen LogP contribution in [0.15, 0.2) is 24.3 Å². The highest BCUT2D eigenvalue weighted by molar-refractivity contribution is 5.97. The lowest BCUT2D eigenvalue weighted by molar-refractivity contribution is -0.212. The molecule has 0 aliphatic heterocycles. The molecule has 1 aliphatic carbocycles. The lowest BCUT2D eigenvalue weighted by Gasteiger charge is -2.41. The Morgan fingerprint density at radius 3 is 2.30 bits per heavy atom. The van der Waals surface area contributed by atoms with Gasteiger partial charge in [-0.3, -0.25) is 4.79 Å². The maximum Gasteiger partial charge on any atom is 0.389 e. The summed E-state index contributed by atoms with van der Waals surface area (Å²) in [5, 5.41) is 11.7. The maximum absolute atomic E-state index is 14.0. The number of carbonyl (C=O) groups excluding carboxylic acids is 1. The summed E-state index contributed by atoms with van der Waals surface area (Å²) < 4.78 is 64.9. The normalized spacial score (nSPS) is 17.5. The van der Waals surface area contributed by atoms with Crippen LogP contribution in [0.1, 0.15) is 31.2 Å². The fourth-order valence-corrected chi connectivity index (χ4v) is 2.37. The average molecular weight is 337 g/mol. The van der Waals surface area contributed by atoms with E-state index in [2.05, 4.69) is 0 Å². The summed E-state index contributed by atoms with van der Waals surface area (Å²) in [6, 6.07) is 5.46. The third-order valence-corrected chi connectivity index (χ3v) is 3.99. The van der Waals surface area contributed by atoms with Crippen molar-refractivity contribution in [3.8, 4) is 0 Å². The van der Waals surface area contributed by atoms with Crippen molar-refractivity contribution >= 4 is 11.6 Å². The summed E-state index contributed by atoms with van der Waals surface area (Å²) in [7, 11) is 0. The van der Waals surface area contributed by atoms with E-state index in [1.165, 1.54) is 24.3 Å². The van der Waals surface area contributed by atoms with Gasteiger partial charge in [0, 0.05) is 12.1 Å². The quantitative estimate of drug-likeness (QED) is 0.806. The van der Waals surface area contributed by atoms with E-state index >= 15 is 0 Å². The molecule has 2 rings (SSSR count). The molecule has 1 aromatic carbocycles. The lowest BCUT2D eigenvalue weighted by atomic mass is 9.75. The number of hydrogen-bond donors (Lipinski definition) is 2. The molecule has 1 aromatic rings. The lowest BCUT2D eigenvalue weighted by Crippen LogP contribution is -2.59. The van der Waals surface area contributed by atoms with Crippen LogP contribution in [0.2, 0.25) is 0 Å². The number of amides is 1. The van der Waals surface area contributed by atoms with Crippen molar-refractivity contribution in [1.82, 2.24) is 0 Å². The summed E-state index contributed by atoms with van der Waals surface area (Å²) in [5.41, 5.74) is -2.38. The van der Waals surface area contributed by atoms with Gasteiger partial charge in [-0.25, -0.2) is 0 Å². The van der Waals surface area contributed by atoms with E-state index in [0.29, 0.717) is 6.42 Å². The molecule has 1 amide bonds. The molecule has 0 saturated heterocycles. The number of halogens is 5.